The molecule has 102 valence electrons. The molecular weight excluding hydrogens is 283 g/mol. The number of nitrogens with one attached hydrogen (secondary N) is 1. The summed E-state index contributed by atoms with van der Waals surface area (Å²) in [6.07, 6.45) is 1.70. The van der Waals surface area contributed by atoms with Gasteiger partial charge in [0, 0.05) is 25.2 Å². The normalized spacial score (nSPS) is 11.7. The van der Waals surface area contributed by atoms with Crippen LogP contribution in [-0.4, -0.2) is 39.0 Å². The molecule has 0 radical (unpaired) electrons. The van der Waals surface area contributed by atoms with Gasteiger partial charge in [0.05, 0.1) is 6.61 Å². The number of halogens is 2. The Kier molecular flexibility index (Phi) is 6.48. The molecule has 1 aromatic rings. The van der Waals surface area contributed by atoms with E-state index in [1.165, 1.54) is 12.3 Å². The number of nitrogens with zero attached hydrogens (tertiary/aromatic N) is 1. The standard InChI is InChI=1S/C10H14ClFN2O3S/c11-4-8-17-7-2-6-14-18(15,16)10-9(12)3-1-5-13-10/h1,3,5,14H,2,4,6-8H2. The van der Waals surface area contributed by atoms with Crippen molar-refractivity contribution in [2.45, 2.75) is 11.4 Å². The molecule has 0 spiro atoms. The zero-order chi connectivity index (χ0) is 13.4. The first-order chi connectivity index (χ1) is 8.58. The third-order valence-corrected chi connectivity index (χ3v) is 3.51. The van der Waals surface area contributed by atoms with Crippen LogP contribution < -0.4 is 4.72 Å². The lowest BCUT2D eigenvalue weighted by Gasteiger charge is -2.06. The zero-order valence-electron chi connectivity index (χ0n) is 9.60. The summed E-state index contributed by atoms with van der Waals surface area (Å²) in [5.74, 6) is -0.478. The highest BCUT2D eigenvalue weighted by Crippen LogP contribution is 2.09. The van der Waals surface area contributed by atoms with E-state index in [0.29, 0.717) is 25.5 Å². The molecule has 1 N–H and O–H groups in total. The van der Waals surface area contributed by atoms with Gasteiger partial charge in [-0.25, -0.2) is 22.5 Å². The van der Waals surface area contributed by atoms with Crippen LogP contribution in [0.4, 0.5) is 4.39 Å². The summed E-state index contributed by atoms with van der Waals surface area (Å²) in [6.45, 7) is 0.962. The van der Waals surface area contributed by atoms with Crippen molar-refractivity contribution in [3.05, 3.63) is 24.1 Å². The smallest absolute Gasteiger partial charge is 0.261 e. The highest BCUT2D eigenvalue weighted by Gasteiger charge is 2.19. The average molecular weight is 297 g/mol. The maximum absolute atomic E-state index is 13.2. The molecule has 0 saturated carbocycles. The summed E-state index contributed by atoms with van der Waals surface area (Å²) < 4.78 is 43.9. The Morgan fingerprint density at radius 2 is 2.22 bits per heavy atom. The van der Waals surface area contributed by atoms with Gasteiger partial charge >= 0.3 is 0 Å². The molecule has 0 saturated heterocycles. The summed E-state index contributed by atoms with van der Waals surface area (Å²) in [7, 11) is -3.90. The van der Waals surface area contributed by atoms with E-state index in [1.807, 2.05) is 0 Å². The molecule has 0 aliphatic rings. The van der Waals surface area contributed by atoms with Crippen LogP contribution in [-0.2, 0) is 14.8 Å². The average Bonchev–Trinajstić information content (AvgIpc) is 2.34. The van der Waals surface area contributed by atoms with Gasteiger partial charge in [0.1, 0.15) is 0 Å². The largest absolute Gasteiger partial charge is 0.380 e. The van der Waals surface area contributed by atoms with Crippen molar-refractivity contribution in [3.8, 4) is 0 Å². The van der Waals surface area contributed by atoms with Crippen LogP contribution in [0.3, 0.4) is 0 Å². The van der Waals surface area contributed by atoms with Gasteiger partial charge in [-0.3, -0.25) is 0 Å². The van der Waals surface area contributed by atoms with Crippen molar-refractivity contribution in [2.75, 3.05) is 25.6 Å². The summed E-state index contributed by atoms with van der Waals surface area (Å²) in [6, 6.07) is 2.37. The number of alkyl halides is 1. The molecule has 0 fully saturated rings. The Bertz CT molecular complexity index is 470. The monoisotopic (exact) mass is 296 g/mol. The van der Waals surface area contributed by atoms with E-state index in [4.69, 9.17) is 16.3 Å². The molecule has 0 aliphatic heterocycles. The lowest BCUT2D eigenvalue weighted by molar-refractivity contribution is 0.147. The quantitative estimate of drug-likeness (QED) is 0.577. The summed E-state index contributed by atoms with van der Waals surface area (Å²) in [5.41, 5.74) is 0. The molecule has 8 heteroatoms. The Morgan fingerprint density at radius 1 is 1.44 bits per heavy atom. The molecule has 0 aliphatic carbocycles. The molecule has 0 bridgehead atoms. The maximum atomic E-state index is 13.2. The number of hydrogen-bond donors (Lipinski definition) is 1. The third kappa shape index (κ3) is 4.85. The van der Waals surface area contributed by atoms with Crippen LogP contribution in [0.2, 0.25) is 0 Å². The molecule has 0 amide bonds. The minimum absolute atomic E-state index is 0.153. The lowest BCUT2D eigenvalue weighted by Crippen LogP contribution is -2.27. The topological polar surface area (TPSA) is 68.3 Å². The van der Waals surface area contributed by atoms with Gasteiger partial charge in [-0.05, 0) is 18.6 Å². The Morgan fingerprint density at radius 3 is 2.89 bits per heavy atom. The second kappa shape index (κ2) is 7.63. The minimum Gasteiger partial charge on any atom is -0.380 e. The number of hydrogen-bond acceptors (Lipinski definition) is 4. The molecule has 1 rings (SSSR count). The molecule has 0 aromatic carbocycles. The molecule has 0 atom stereocenters. The summed E-state index contributed by atoms with van der Waals surface area (Å²) in [5, 5.41) is -0.591. The SMILES string of the molecule is O=S(=O)(NCCCOCCCl)c1ncccc1F. The van der Waals surface area contributed by atoms with Gasteiger partial charge in [-0.1, -0.05) is 0 Å². The Balaban J connectivity index is 2.44. The second-order valence-corrected chi connectivity index (χ2v) is 5.40. The van der Waals surface area contributed by atoms with Gasteiger partial charge in [-0.15, -0.1) is 11.6 Å². The fourth-order valence-electron chi connectivity index (χ4n) is 1.17. The van der Waals surface area contributed by atoms with Crippen LogP contribution in [0.1, 0.15) is 6.42 Å². The van der Waals surface area contributed by atoms with E-state index in [2.05, 4.69) is 9.71 Å². The number of ether oxygens (including phenoxy) is 1. The van der Waals surface area contributed by atoms with Crippen molar-refractivity contribution in [3.63, 3.8) is 0 Å². The zero-order valence-corrected chi connectivity index (χ0v) is 11.2. The van der Waals surface area contributed by atoms with Crippen molar-refractivity contribution in [1.82, 2.24) is 9.71 Å². The van der Waals surface area contributed by atoms with E-state index >= 15 is 0 Å². The van der Waals surface area contributed by atoms with Gasteiger partial charge in [0.25, 0.3) is 10.0 Å². The molecule has 18 heavy (non-hydrogen) atoms. The van der Waals surface area contributed by atoms with Gasteiger partial charge in [0.15, 0.2) is 5.82 Å². The van der Waals surface area contributed by atoms with Crippen LogP contribution in [0, 0.1) is 5.82 Å². The molecule has 1 heterocycles. The highest BCUT2D eigenvalue weighted by atomic mass is 35.5. The van der Waals surface area contributed by atoms with Crippen molar-refractivity contribution >= 4 is 21.6 Å². The van der Waals surface area contributed by atoms with E-state index in [0.717, 1.165) is 6.07 Å². The molecule has 5 nitrogen and oxygen atoms in total. The first kappa shape index (κ1) is 15.3. The minimum atomic E-state index is -3.90. The molecule has 1 aromatic heterocycles. The predicted octanol–water partition coefficient (Wildman–Crippen LogP) is 1.14. The van der Waals surface area contributed by atoms with Gasteiger partial charge < -0.3 is 4.74 Å². The van der Waals surface area contributed by atoms with Crippen molar-refractivity contribution < 1.29 is 17.5 Å². The molecule has 0 unspecified atom stereocenters. The lowest BCUT2D eigenvalue weighted by atomic mass is 10.5. The van der Waals surface area contributed by atoms with Crippen LogP contribution in [0.5, 0.6) is 0 Å². The fraction of sp³-hybridized carbons (Fsp3) is 0.500. The number of aromatic nitrogens is 1. The first-order valence-corrected chi connectivity index (χ1v) is 7.33. The van der Waals surface area contributed by atoms with E-state index < -0.39 is 20.9 Å². The van der Waals surface area contributed by atoms with E-state index in [-0.39, 0.29) is 6.54 Å². The van der Waals surface area contributed by atoms with Gasteiger partial charge in [0.2, 0.25) is 5.03 Å². The van der Waals surface area contributed by atoms with Crippen LogP contribution in [0.25, 0.3) is 0 Å². The summed E-state index contributed by atoms with van der Waals surface area (Å²) >= 11 is 5.40. The van der Waals surface area contributed by atoms with Crippen LogP contribution >= 0.6 is 11.6 Å². The highest BCUT2D eigenvalue weighted by molar-refractivity contribution is 7.89. The number of rotatable bonds is 8. The predicted molar refractivity (Wildman–Crippen MR) is 65.5 cm³/mol. The molecular formula is C10H14ClFN2O3S. The number of sulfonamides is 1. The Labute approximate surface area is 110 Å². The first-order valence-electron chi connectivity index (χ1n) is 5.32. The Hall–Kier alpha value is -0.760. The second-order valence-electron chi connectivity index (χ2n) is 3.34. The van der Waals surface area contributed by atoms with Crippen molar-refractivity contribution in [1.29, 1.82) is 0 Å². The van der Waals surface area contributed by atoms with Crippen molar-refractivity contribution in [2.24, 2.45) is 0 Å². The summed E-state index contributed by atoms with van der Waals surface area (Å²) in [4.78, 5) is 3.50. The maximum Gasteiger partial charge on any atom is 0.261 e. The fourth-order valence-corrected chi connectivity index (χ4v) is 2.36. The van der Waals surface area contributed by atoms with E-state index in [9.17, 15) is 12.8 Å². The third-order valence-electron chi connectivity index (χ3n) is 1.96. The van der Waals surface area contributed by atoms with E-state index in [1.54, 1.807) is 0 Å². The number of pyridine rings is 1. The van der Waals surface area contributed by atoms with Crippen LogP contribution in [0.15, 0.2) is 23.4 Å². The van der Waals surface area contributed by atoms with Gasteiger partial charge in [-0.2, -0.15) is 0 Å².